The molecule has 2 nitrogen and oxygen atoms in total. The highest BCUT2D eigenvalue weighted by Crippen LogP contribution is 2.49. The van der Waals surface area contributed by atoms with Crippen LogP contribution >= 0.6 is 0 Å². The lowest BCUT2D eigenvalue weighted by Crippen LogP contribution is -2.34. The smallest absolute Gasteiger partial charge is 0.118 e. The van der Waals surface area contributed by atoms with Crippen LogP contribution in [-0.2, 0) is 0 Å². The summed E-state index contributed by atoms with van der Waals surface area (Å²) in [7, 11) is 1.68. The number of hydrogen-bond donors (Lipinski definition) is 0. The minimum Gasteiger partial charge on any atom is -0.497 e. The zero-order chi connectivity index (χ0) is 12.5. The lowest BCUT2D eigenvalue weighted by atomic mass is 9.61. The van der Waals surface area contributed by atoms with E-state index in [0.29, 0.717) is 17.8 Å². The van der Waals surface area contributed by atoms with Crippen molar-refractivity contribution in [1.82, 2.24) is 0 Å². The summed E-state index contributed by atoms with van der Waals surface area (Å²) in [4.78, 5) is 0. The van der Waals surface area contributed by atoms with Crippen LogP contribution in [-0.4, -0.2) is 7.11 Å². The van der Waals surface area contributed by atoms with Crippen molar-refractivity contribution in [2.24, 2.45) is 17.8 Å². The van der Waals surface area contributed by atoms with Gasteiger partial charge in [0.1, 0.15) is 5.75 Å². The minimum atomic E-state index is 0.141. The SMILES string of the molecule is COc1ccc([C@H]2[C@H](C#N)[C@@H]3C=C[C@H]2CC3)cc1. The van der Waals surface area contributed by atoms with Crippen molar-refractivity contribution in [3.63, 3.8) is 0 Å². The molecule has 1 fully saturated rings. The van der Waals surface area contributed by atoms with E-state index < -0.39 is 0 Å². The molecule has 2 heteroatoms. The van der Waals surface area contributed by atoms with Gasteiger partial charge in [0.2, 0.25) is 0 Å². The van der Waals surface area contributed by atoms with E-state index in [-0.39, 0.29) is 5.92 Å². The first-order chi connectivity index (χ1) is 8.83. The van der Waals surface area contributed by atoms with Crippen molar-refractivity contribution in [2.75, 3.05) is 7.11 Å². The van der Waals surface area contributed by atoms with Crippen LogP contribution in [0.2, 0.25) is 0 Å². The van der Waals surface area contributed by atoms with Crippen LogP contribution in [0, 0.1) is 29.1 Å². The number of methoxy groups -OCH3 is 1. The molecule has 1 aromatic carbocycles. The topological polar surface area (TPSA) is 33.0 Å². The lowest BCUT2D eigenvalue weighted by molar-refractivity contribution is 0.225. The van der Waals surface area contributed by atoms with E-state index in [9.17, 15) is 5.26 Å². The summed E-state index contributed by atoms with van der Waals surface area (Å²) < 4.78 is 5.19. The summed E-state index contributed by atoms with van der Waals surface area (Å²) in [5, 5.41) is 9.44. The van der Waals surface area contributed by atoms with Crippen molar-refractivity contribution in [1.29, 1.82) is 5.26 Å². The fourth-order valence-corrected chi connectivity index (χ4v) is 3.45. The second kappa shape index (κ2) is 4.49. The summed E-state index contributed by atoms with van der Waals surface area (Å²) in [6.45, 7) is 0. The normalized spacial score (nSPS) is 33.1. The Labute approximate surface area is 108 Å². The van der Waals surface area contributed by atoms with Gasteiger partial charge in [0, 0.05) is 5.92 Å². The molecule has 3 aliphatic rings. The molecule has 0 aliphatic heterocycles. The molecule has 3 aliphatic carbocycles. The number of rotatable bonds is 2. The predicted octanol–water partition coefficient (Wildman–Crippen LogP) is 3.51. The van der Waals surface area contributed by atoms with Crippen molar-refractivity contribution >= 4 is 0 Å². The molecular weight excluding hydrogens is 222 g/mol. The first-order valence-corrected chi connectivity index (χ1v) is 6.55. The van der Waals surface area contributed by atoms with E-state index in [2.05, 4.69) is 30.4 Å². The van der Waals surface area contributed by atoms with Gasteiger partial charge in [-0.05, 0) is 42.4 Å². The van der Waals surface area contributed by atoms with E-state index in [1.165, 1.54) is 18.4 Å². The number of benzene rings is 1. The Morgan fingerprint density at radius 3 is 2.33 bits per heavy atom. The molecule has 4 rings (SSSR count). The van der Waals surface area contributed by atoms with Gasteiger partial charge < -0.3 is 4.74 Å². The van der Waals surface area contributed by atoms with Crippen LogP contribution in [0.3, 0.4) is 0 Å². The molecule has 4 atom stereocenters. The number of nitriles is 1. The largest absolute Gasteiger partial charge is 0.497 e. The molecule has 0 radical (unpaired) electrons. The number of allylic oxidation sites excluding steroid dienone is 2. The van der Waals surface area contributed by atoms with E-state index >= 15 is 0 Å². The summed E-state index contributed by atoms with van der Waals surface area (Å²) in [6.07, 6.45) is 6.96. The van der Waals surface area contributed by atoms with E-state index in [1.54, 1.807) is 7.11 Å². The number of fused-ring (bicyclic) bond motifs is 2. The predicted molar refractivity (Wildman–Crippen MR) is 70.2 cm³/mol. The number of hydrogen-bond acceptors (Lipinski definition) is 2. The third-order valence-electron chi connectivity index (χ3n) is 4.40. The van der Waals surface area contributed by atoms with Gasteiger partial charge in [-0.2, -0.15) is 5.26 Å². The fourth-order valence-electron chi connectivity index (χ4n) is 3.45. The average molecular weight is 239 g/mol. The maximum Gasteiger partial charge on any atom is 0.118 e. The van der Waals surface area contributed by atoms with Crippen LogP contribution in [0.4, 0.5) is 0 Å². The molecule has 1 aromatic rings. The Bertz CT molecular complexity index is 497. The maximum atomic E-state index is 9.44. The molecule has 0 saturated heterocycles. The third kappa shape index (κ3) is 1.71. The van der Waals surface area contributed by atoms with Gasteiger partial charge in [-0.1, -0.05) is 24.3 Å². The lowest BCUT2D eigenvalue weighted by Gasteiger charge is -2.42. The average Bonchev–Trinajstić information content (AvgIpc) is 2.47. The molecule has 0 aromatic heterocycles. The van der Waals surface area contributed by atoms with Gasteiger partial charge in [0.25, 0.3) is 0 Å². The van der Waals surface area contributed by atoms with Crippen molar-refractivity contribution in [2.45, 2.75) is 18.8 Å². The van der Waals surface area contributed by atoms with Gasteiger partial charge in [0.15, 0.2) is 0 Å². The van der Waals surface area contributed by atoms with Crippen molar-refractivity contribution < 1.29 is 4.74 Å². The first kappa shape index (κ1) is 11.3. The zero-order valence-corrected chi connectivity index (χ0v) is 10.5. The molecular formula is C16H17NO. The summed E-state index contributed by atoms with van der Waals surface area (Å²) in [5.74, 6) is 2.37. The Kier molecular flexibility index (Phi) is 2.83. The first-order valence-electron chi connectivity index (χ1n) is 6.55. The minimum absolute atomic E-state index is 0.141. The van der Waals surface area contributed by atoms with Gasteiger partial charge >= 0.3 is 0 Å². The van der Waals surface area contributed by atoms with Crippen LogP contribution in [0.5, 0.6) is 5.75 Å². The summed E-state index contributed by atoms with van der Waals surface area (Å²) in [5.41, 5.74) is 1.28. The molecule has 0 heterocycles. The molecule has 92 valence electrons. The van der Waals surface area contributed by atoms with Crippen molar-refractivity contribution in [3.05, 3.63) is 42.0 Å². The third-order valence-corrected chi connectivity index (χ3v) is 4.40. The summed E-state index contributed by atoms with van der Waals surface area (Å²) >= 11 is 0. The Balaban J connectivity index is 1.94. The standard InChI is InChI=1S/C16H17NO/c1-18-14-8-6-13(7-9-14)16-12-4-2-11(3-5-12)15(16)10-17/h2,4,6-9,11-12,15-16H,3,5H2,1H3/t11-,12+,15-,16+/m1/s1. The van der Waals surface area contributed by atoms with E-state index in [0.717, 1.165) is 5.75 Å². The zero-order valence-electron chi connectivity index (χ0n) is 10.5. The van der Waals surface area contributed by atoms with Crippen LogP contribution in [0.15, 0.2) is 36.4 Å². The summed E-state index contributed by atoms with van der Waals surface area (Å²) in [6, 6.07) is 10.7. The molecule has 1 saturated carbocycles. The molecule has 2 bridgehead atoms. The highest BCUT2D eigenvalue weighted by molar-refractivity contribution is 5.34. The van der Waals surface area contributed by atoms with Crippen LogP contribution in [0.25, 0.3) is 0 Å². The van der Waals surface area contributed by atoms with Crippen LogP contribution < -0.4 is 4.74 Å². The van der Waals surface area contributed by atoms with Gasteiger partial charge in [-0.15, -0.1) is 0 Å². The van der Waals surface area contributed by atoms with Crippen molar-refractivity contribution in [3.8, 4) is 11.8 Å². The van der Waals surface area contributed by atoms with E-state index in [1.807, 2.05) is 12.1 Å². The Hall–Kier alpha value is -1.75. The highest BCUT2D eigenvalue weighted by atomic mass is 16.5. The maximum absolute atomic E-state index is 9.44. The molecule has 0 N–H and O–H groups in total. The monoisotopic (exact) mass is 239 g/mol. The van der Waals surface area contributed by atoms with Crippen LogP contribution in [0.1, 0.15) is 24.3 Å². The molecule has 0 spiro atoms. The van der Waals surface area contributed by atoms with Gasteiger partial charge in [-0.25, -0.2) is 0 Å². The Morgan fingerprint density at radius 2 is 1.78 bits per heavy atom. The highest BCUT2D eigenvalue weighted by Gasteiger charge is 2.41. The van der Waals surface area contributed by atoms with Gasteiger partial charge in [0.05, 0.1) is 19.1 Å². The van der Waals surface area contributed by atoms with Gasteiger partial charge in [-0.3, -0.25) is 0 Å². The molecule has 18 heavy (non-hydrogen) atoms. The van der Waals surface area contributed by atoms with E-state index in [4.69, 9.17) is 4.74 Å². The quantitative estimate of drug-likeness (QED) is 0.740. The second-order valence-electron chi connectivity index (χ2n) is 5.24. The number of nitrogens with zero attached hydrogens (tertiary/aromatic N) is 1. The molecule has 0 amide bonds. The fraction of sp³-hybridized carbons (Fsp3) is 0.438. The Morgan fingerprint density at radius 1 is 1.11 bits per heavy atom. The second-order valence-corrected chi connectivity index (χ2v) is 5.24. The number of ether oxygens (including phenoxy) is 1. The molecule has 0 unspecified atom stereocenters.